The molecule has 1 aliphatic heterocycles. The highest BCUT2D eigenvalue weighted by atomic mass is 35.5. The van der Waals surface area contributed by atoms with Crippen LogP contribution in [0.2, 0.25) is 5.02 Å². The minimum atomic E-state index is -0.430. The van der Waals surface area contributed by atoms with Gasteiger partial charge in [0.2, 0.25) is 0 Å². The first-order valence-electron chi connectivity index (χ1n) is 5.17. The normalized spacial score (nSPS) is 19.4. The zero-order valence-corrected chi connectivity index (χ0v) is 10.1. The average molecular weight is 257 g/mol. The zero-order valence-electron chi connectivity index (χ0n) is 9.35. The summed E-state index contributed by atoms with van der Waals surface area (Å²) in [5, 5.41) is 0.532. The Kier molecular flexibility index (Phi) is 3.40. The summed E-state index contributed by atoms with van der Waals surface area (Å²) in [6.07, 6.45) is -0.716. The Morgan fingerprint density at radius 1 is 1.65 bits per heavy atom. The third-order valence-corrected chi connectivity index (χ3v) is 2.80. The van der Waals surface area contributed by atoms with Crippen molar-refractivity contribution in [3.63, 3.8) is 0 Å². The number of anilines is 1. The number of ether oxygens (including phenoxy) is 2. The van der Waals surface area contributed by atoms with Crippen LogP contribution in [0.3, 0.4) is 0 Å². The van der Waals surface area contributed by atoms with Crippen LogP contribution in [-0.4, -0.2) is 32.4 Å². The Bertz CT molecular complexity index is 439. The Hall–Kier alpha value is -1.46. The molecular weight excluding hydrogens is 244 g/mol. The summed E-state index contributed by atoms with van der Waals surface area (Å²) < 4.78 is 10.3. The van der Waals surface area contributed by atoms with Crippen molar-refractivity contribution < 1.29 is 14.3 Å². The van der Waals surface area contributed by atoms with Gasteiger partial charge in [-0.15, -0.1) is 0 Å². The van der Waals surface area contributed by atoms with Gasteiger partial charge in [-0.1, -0.05) is 11.6 Å². The molecule has 0 aromatic heterocycles. The van der Waals surface area contributed by atoms with Gasteiger partial charge >= 0.3 is 6.09 Å². The lowest BCUT2D eigenvalue weighted by atomic mass is 10.2. The van der Waals surface area contributed by atoms with Gasteiger partial charge in [0.25, 0.3) is 0 Å². The van der Waals surface area contributed by atoms with E-state index in [9.17, 15) is 4.79 Å². The second kappa shape index (κ2) is 4.81. The number of benzene rings is 1. The van der Waals surface area contributed by atoms with Gasteiger partial charge in [-0.3, -0.25) is 4.90 Å². The minimum absolute atomic E-state index is 0.286. The van der Waals surface area contributed by atoms with Gasteiger partial charge in [0.1, 0.15) is 11.9 Å². The molecule has 0 saturated carbocycles. The fourth-order valence-corrected chi connectivity index (χ4v) is 1.88. The summed E-state index contributed by atoms with van der Waals surface area (Å²) >= 11 is 5.91. The largest absolute Gasteiger partial charge is 0.495 e. The predicted molar refractivity (Wildman–Crippen MR) is 64.7 cm³/mol. The third kappa shape index (κ3) is 2.30. The van der Waals surface area contributed by atoms with Crippen molar-refractivity contribution in [2.24, 2.45) is 5.73 Å². The molecule has 2 rings (SSSR count). The maximum absolute atomic E-state index is 11.7. The standard InChI is InChI=1S/C11H13ClN2O3/c1-16-10-3-2-7(12)4-9(10)14-6-8(5-13)17-11(14)15/h2-4,8H,5-6,13H2,1H3. The van der Waals surface area contributed by atoms with E-state index in [1.807, 2.05) is 0 Å². The number of nitrogens with two attached hydrogens (primary N) is 1. The molecular formula is C11H13ClN2O3. The van der Waals surface area contributed by atoms with Crippen LogP contribution in [-0.2, 0) is 4.74 Å². The number of nitrogens with zero attached hydrogens (tertiary/aromatic N) is 1. The van der Waals surface area contributed by atoms with Gasteiger partial charge in [0, 0.05) is 11.6 Å². The lowest BCUT2D eigenvalue weighted by Gasteiger charge is -2.16. The molecule has 1 unspecified atom stereocenters. The number of methoxy groups -OCH3 is 1. The third-order valence-electron chi connectivity index (χ3n) is 2.57. The fourth-order valence-electron chi connectivity index (χ4n) is 1.72. The van der Waals surface area contributed by atoms with E-state index in [2.05, 4.69) is 0 Å². The minimum Gasteiger partial charge on any atom is -0.495 e. The summed E-state index contributed by atoms with van der Waals surface area (Å²) in [5.74, 6) is 0.573. The number of cyclic esters (lactones) is 1. The van der Waals surface area contributed by atoms with E-state index < -0.39 is 6.09 Å². The smallest absolute Gasteiger partial charge is 0.414 e. The Labute approximate surface area is 104 Å². The molecule has 0 aliphatic carbocycles. The first-order valence-corrected chi connectivity index (χ1v) is 5.55. The summed E-state index contributed by atoms with van der Waals surface area (Å²) in [4.78, 5) is 13.1. The van der Waals surface area contributed by atoms with E-state index >= 15 is 0 Å². The van der Waals surface area contributed by atoms with E-state index in [4.69, 9.17) is 26.8 Å². The van der Waals surface area contributed by atoms with Crippen molar-refractivity contribution in [1.82, 2.24) is 0 Å². The summed E-state index contributed by atoms with van der Waals surface area (Å²) in [7, 11) is 1.54. The first-order chi connectivity index (χ1) is 8.15. The highest BCUT2D eigenvalue weighted by Gasteiger charge is 2.33. The van der Waals surface area contributed by atoms with E-state index in [1.165, 1.54) is 12.0 Å². The maximum atomic E-state index is 11.7. The number of rotatable bonds is 3. The summed E-state index contributed by atoms with van der Waals surface area (Å²) in [6.45, 7) is 0.706. The molecule has 6 heteroatoms. The second-order valence-corrected chi connectivity index (χ2v) is 4.10. The van der Waals surface area contributed by atoms with Crippen LogP contribution in [0.25, 0.3) is 0 Å². The molecule has 1 amide bonds. The molecule has 2 N–H and O–H groups in total. The van der Waals surface area contributed by atoms with Crippen molar-refractivity contribution in [1.29, 1.82) is 0 Å². The number of carbonyl (C=O) groups excluding carboxylic acids is 1. The summed E-state index contributed by atoms with van der Waals surface area (Å²) in [6, 6.07) is 5.08. The molecule has 17 heavy (non-hydrogen) atoms. The van der Waals surface area contributed by atoms with Crippen molar-refractivity contribution in [3.8, 4) is 5.75 Å². The number of amides is 1. The highest BCUT2D eigenvalue weighted by Crippen LogP contribution is 2.33. The topological polar surface area (TPSA) is 64.8 Å². The SMILES string of the molecule is COc1ccc(Cl)cc1N1CC(CN)OC1=O. The van der Waals surface area contributed by atoms with Gasteiger partial charge in [-0.05, 0) is 18.2 Å². The molecule has 92 valence electrons. The number of hydrogen-bond donors (Lipinski definition) is 1. The highest BCUT2D eigenvalue weighted by molar-refractivity contribution is 6.31. The number of hydrogen-bond acceptors (Lipinski definition) is 4. The van der Waals surface area contributed by atoms with Crippen LogP contribution >= 0.6 is 11.6 Å². The number of halogens is 1. The Balaban J connectivity index is 2.33. The van der Waals surface area contributed by atoms with Gasteiger partial charge in [0.15, 0.2) is 0 Å². The molecule has 1 aliphatic rings. The van der Waals surface area contributed by atoms with Gasteiger partial charge in [-0.2, -0.15) is 0 Å². The molecule has 1 aromatic rings. The average Bonchev–Trinajstić information content (AvgIpc) is 2.70. The van der Waals surface area contributed by atoms with Crippen LogP contribution in [0.5, 0.6) is 5.75 Å². The molecule has 5 nitrogen and oxygen atoms in total. The van der Waals surface area contributed by atoms with Crippen LogP contribution in [0.15, 0.2) is 18.2 Å². The monoisotopic (exact) mass is 256 g/mol. The lowest BCUT2D eigenvalue weighted by Crippen LogP contribution is -2.27. The molecule has 1 aromatic carbocycles. The van der Waals surface area contributed by atoms with Gasteiger partial charge < -0.3 is 15.2 Å². The van der Waals surface area contributed by atoms with E-state index in [1.54, 1.807) is 18.2 Å². The Morgan fingerprint density at radius 2 is 2.41 bits per heavy atom. The maximum Gasteiger partial charge on any atom is 0.414 e. The van der Waals surface area contributed by atoms with E-state index in [0.717, 1.165) is 0 Å². The molecule has 0 radical (unpaired) electrons. The van der Waals surface area contributed by atoms with Crippen molar-refractivity contribution in [2.45, 2.75) is 6.10 Å². The lowest BCUT2D eigenvalue weighted by molar-refractivity contribution is 0.145. The number of carbonyl (C=O) groups is 1. The van der Waals surface area contributed by atoms with E-state index in [0.29, 0.717) is 29.5 Å². The van der Waals surface area contributed by atoms with E-state index in [-0.39, 0.29) is 6.10 Å². The summed E-state index contributed by atoms with van der Waals surface area (Å²) in [5.41, 5.74) is 6.07. The van der Waals surface area contributed by atoms with Gasteiger partial charge in [0.05, 0.1) is 19.3 Å². The Morgan fingerprint density at radius 3 is 3.00 bits per heavy atom. The van der Waals surface area contributed by atoms with Crippen LogP contribution < -0.4 is 15.4 Å². The molecule has 1 saturated heterocycles. The van der Waals surface area contributed by atoms with Crippen molar-refractivity contribution in [3.05, 3.63) is 23.2 Å². The van der Waals surface area contributed by atoms with Crippen LogP contribution in [0, 0.1) is 0 Å². The molecule has 1 atom stereocenters. The first kappa shape index (κ1) is 12.0. The van der Waals surface area contributed by atoms with Crippen LogP contribution in [0.4, 0.5) is 10.5 Å². The molecule has 1 fully saturated rings. The van der Waals surface area contributed by atoms with Crippen molar-refractivity contribution >= 4 is 23.4 Å². The van der Waals surface area contributed by atoms with Crippen LogP contribution in [0.1, 0.15) is 0 Å². The fraction of sp³-hybridized carbons (Fsp3) is 0.364. The van der Waals surface area contributed by atoms with Crippen molar-refractivity contribution in [2.75, 3.05) is 25.1 Å². The quantitative estimate of drug-likeness (QED) is 0.893. The second-order valence-electron chi connectivity index (χ2n) is 3.67. The molecule has 0 spiro atoms. The molecule has 1 heterocycles. The predicted octanol–water partition coefficient (Wildman–Crippen LogP) is 1.63. The van der Waals surface area contributed by atoms with Gasteiger partial charge in [-0.25, -0.2) is 4.79 Å². The zero-order chi connectivity index (χ0) is 12.4. The molecule has 0 bridgehead atoms.